The fraction of sp³-hybridized carbons (Fsp3) is 0.333. The summed E-state index contributed by atoms with van der Waals surface area (Å²) in [6, 6.07) is 11.9. The van der Waals surface area contributed by atoms with Crippen LogP contribution < -0.4 is 10.5 Å². The largest absolute Gasteiger partial charge is 0.493 e. The first-order valence-electron chi connectivity index (χ1n) is 6.29. The first-order chi connectivity index (χ1) is 8.75. The molecule has 0 saturated carbocycles. The Hall–Kier alpha value is -1.74. The summed E-state index contributed by atoms with van der Waals surface area (Å²) >= 11 is 0. The summed E-state index contributed by atoms with van der Waals surface area (Å²) < 4.78 is 11.3. The predicted molar refractivity (Wildman–Crippen MR) is 69.7 cm³/mol. The molecule has 2 atom stereocenters. The zero-order valence-corrected chi connectivity index (χ0v) is 10.4. The molecule has 0 bridgehead atoms. The normalized spacial score (nSPS) is 20.0. The second-order valence-corrected chi connectivity index (χ2v) is 4.76. The van der Waals surface area contributed by atoms with Crippen molar-refractivity contribution in [3.63, 3.8) is 0 Å². The SMILES string of the molecule is Cc1ccc(C(N)C2CCOc3ccccc32)o1. The van der Waals surface area contributed by atoms with Crippen LogP contribution in [-0.2, 0) is 0 Å². The van der Waals surface area contributed by atoms with Crippen molar-refractivity contribution in [2.24, 2.45) is 5.73 Å². The standard InChI is InChI=1S/C15H17NO2/c1-10-6-7-14(18-10)15(16)12-8-9-17-13-5-3-2-4-11(12)13/h2-7,12,15H,8-9,16H2,1H3. The number of rotatable bonds is 2. The van der Waals surface area contributed by atoms with Gasteiger partial charge >= 0.3 is 0 Å². The van der Waals surface area contributed by atoms with E-state index >= 15 is 0 Å². The minimum atomic E-state index is -0.108. The Bertz CT molecular complexity index is 547. The Labute approximate surface area is 107 Å². The van der Waals surface area contributed by atoms with E-state index in [0.717, 1.165) is 30.3 Å². The van der Waals surface area contributed by atoms with Crippen molar-refractivity contribution in [1.82, 2.24) is 0 Å². The second-order valence-electron chi connectivity index (χ2n) is 4.76. The third kappa shape index (κ3) is 1.91. The van der Waals surface area contributed by atoms with Gasteiger partial charge in [0.15, 0.2) is 0 Å². The zero-order valence-electron chi connectivity index (χ0n) is 10.4. The molecule has 94 valence electrons. The van der Waals surface area contributed by atoms with Gasteiger partial charge in [0.05, 0.1) is 12.6 Å². The fourth-order valence-corrected chi connectivity index (χ4v) is 2.57. The van der Waals surface area contributed by atoms with Crippen molar-refractivity contribution < 1.29 is 9.15 Å². The maximum absolute atomic E-state index is 6.35. The van der Waals surface area contributed by atoms with E-state index in [2.05, 4.69) is 6.07 Å². The number of ether oxygens (including phenoxy) is 1. The van der Waals surface area contributed by atoms with Crippen molar-refractivity contribution in [2.45, 2.75) is 25.3 Å². The van der Waals surface area contributed by atoms with E-state index in [0.29, 0.717) is 0 Å². The fourth-order valence-electron chi connectivity index (χ4n) is 2.57. The van der Waals surface area contributed by atoms with Gasteiger partial charge in [0.1, 0.15) is 17.3 Å². The second kappa shape index (κ2) is 4.50. The third-order valence-corrected chi connectivity index (χ3v) is 3.53. The molecule has 2 aromatic rings. The molecule has 3 heteroatoms. The van der Waals surface area contributed by atoms with E-state index in [9.17, 15) is 0 Å². The molecular weight excluding hydrogens is 226 g/mol. The maximum Gasteiger partial charge on any atom is 0.122 e. The molecule has 0 aliphatic carbocycles. The summed E-state index contributed by atoms with van der Waals surface area (Å²) in [5.74, 6) is 2.97. The van der Waals surface area contributed by atoms with Crippen LogP contribution in [0, 0.1) is 6.92 Å². The van der Waals surface area contributed by atoms with Crippen molar-refractivity contribution in [2.75, 3.05) is 6.61 Å². The number of nitrogens with two attached hydrogens (primary N) is 1. The Morgan fingerprint density at radius 3 is 2.83 bits per heavy atom. The molecule has 3 rings (SSSR count). The lowest BCUT2D eigenvalue weighted by Crippen LogP contribution is -2.25. The van der Waals surface area contributed by atoms with Gasteiger partial charge in [-0.1, -0.05) is 18.2 Å². The number of para-hydroxylation sites is 1. The minimum Gasteiger partial charge on any atom is -0.493 e. The van der Waals surface area contributed by atoms with Crippen LogP contribution in [0.2, 0.25) is 0 Å². The van der Waals surface area contributed by atoms with Crippen LogP contribution >= 0.6 is 0 Å². The Kier molecular flexibility index (Phi) is 2.84. The van der Waals surface area contributed by atoms with Crippen LogP contribution in [0.4, 0.5) is 0 Å². The van der Waals surface area contributed by atoms with Crippen molar-refractivity contribution >= 4 is 0 Å². The highest BCUT2D eigenvalue weighted by Crippen LogP contribution is 2.40. The smallest absolute Gasteiger partial charge is 0.122 e. The highest BCUT2D eigenvalue weighted by atomic mass is 16.5. The Morgan fingerprint density at radius 1 is 1.22 bits per heavy atom. The molecular formula is C15H17NO2. The van der Waals surface area contributed by atoms with Crippen molar-refractivity contribution in [3.8, 4) is 5.75 Å². The van der Waals surface area contributed by atoms with E-state index in [4.69, 9.17) is 14.9 Å². The van der Waals surface area contributed by atoms with Crippen molar-refractivity contribution in [3.05, 3.63) is 53.5 Å². The Morgan fingerprint density at radius 2 is 2.06 bits per heavy atom. The highest BCUT2D eigenvalue weighted by molar-refractivity contribution is 5.39. The van der Waals surface area contributed by atoms with Gasteiger partial charge < -0.3 is 14.9 Å². The first kappa shape index (κ1) is 11.4. The number of furan rings is 1. The van der Waals surface area contributed by atoms with Crippen molar-refractivity contribution in [1.29, 1.82) is 0 Å². The van der Waals surface area contributed by atoms with E-state index < -0.39 is 0 Å². The molecule has 1 aromatic carbocycles. The molecule has 1 aliphatic heterocycles. The summed E-state index contributed by atoms with van der Waals surface area (Å²) in [5, 5.41) is 0. The summed E-state index contributed by atoms with van der Waals surface area (Å²) in [5.41, 5.74) is 7.53. The van der Waals surface area contributed by atoms with Crippen LogP contribution in [0.25, 0.3) is 0 Å². The van der Waals surface area contributed by atoms with Crippen LogP contribution in [-0.4, -0.2) is 6.61 Å². The van der Waals surface area contributed by atoms with Gasteiger partial charge in [0.2, 0.25) is 0 Å². The lowest BCUT2D eigenvalue weighted by molar-refractivity contribution is 0.248. The summed E-state index contributed by atoms with van der Waals surface area (Å²) in [6.07, 6.45) is 0.928. The van der Waals surface area contributed by atoms with Crippen LogP contribution in [0.15, 0.2) is 40.8 Å². The van der Waals surface area contributed by atoms with E-state index in [1.807, 2.05) is 37.3 Å². The number of hydrogen-bond acceptors (Lipinski definition) is 3. The quantitative estimate of drug-likeness (QED) is 0.881. The molecule has 0 fully saturated rings. The van der Waals surface area contributed by atoms with Gasteiger partial charge in [-0.3, -0.25) is 0 Å². The molecule has 1 aromatic heterocycles. The van der Waals surface area contributed by atoms with Gasteiger partial charge in [-0.05, 0) is 37.1 Å². The molecule has 0 radical (unpaired) electrons. The molecule has 18 heavy (non-hydrogen) atoms. The summed E-state index contributed by atoms with van der Waals surface area (Å²) in [7, 11) is 0. The van der Waals surface area contributed by atoms with Crippen LogP contribution in [0.5, 0.6) is 5.75 Å². The predicted octanol–water partition coefficient (Wildman–Crippen LogP) is 3.15. The summed E-state index contributed by atoms with van der Waals surface area (Å²) in [6.45, 7) is 2.66. The maximum atomic E-state index is 6.35. The van der Waals surface area contributed by atoms with Gasteiger partial charge in [-0.25, -0.2) is 0 Å². The average molecular weight is 243 g/mol. The number of fused-ring (bicyclic) bond motifs is 1. The minimum absolute atomic E-state index is 0.108. The average Bonchev–Trinajstić information content (AvgIpc) is 2.84. The van der Waals surface area contributed by atoms with Gasteiger partial charge in [0.25, 0.3) is 0 Å². The van der Waals surface area contributed by atoms with Crippen LogP contribution in [0.3, 0.4) is 0 Å². The topological polar surface area (TPSA) is 48.4 Å². The number of aryl methyl sites for hydroxylation is 1. The molecule has 0 amide bonds. The summed E-state index contributed by atoms with van der Waals surface area (Å²) in [4.78, 5) is 0. The third-order valence-electron chi connectivity index (χ3n) is 3.53. The Balaban J connectivity index is 1.94. The van der Waals surface area contributed by atoms with Gasteiger partial charge in [-0.15, -0.1) is 0 Å². The molecule has 0 spiro atoms. The zero-order chi connectivity index (χ0) is 12.5. The molecule has 2 heterocycles. The molecule has 2 N–H and O–H groups in total. The van der Waals surface area contributed by atoms with Gasteiger partial charge in [0, 0.05) is 5.92 Å². The number of hydrogen-bond donors (Lipinski definition) is 1. The molecule has 1 aliphatic rings. The van der Waals surface area contributed by atoms with Gasteiger partial charge in [-0.2, -0.15) is 0 Å². The van der Waals surface area contributed by atoms with E-state index in [1.165, 1.54) is 5.56 Å². The van der Waals surface area contributed by atoms with Crippen LogP contribution in [0.1, 0.15) is 35.5 Å². The lowest BCUT2D eigenvalue weighted by Gasteiger charge is -2.29. The molecule has 3 nitrogen and oxygen atoms in total. The molecule has 2 unspecified atom stereocenters. The first-order valence-corrected chi connectivity index (χ1v) is 6.29. The molecule has 0 saturated heterocycles. The highest BCUT2D eigenvalue weighted by Gasteiger charge is 2.29. The van der Waals surface area contributed by atoms with E-state index in [1.54, 1.807) is 0 Å². The number of benzene rings is 1. The monoisotopic (exact) mass is 243 g/mol. The lowest BCUT2D eigenvalue weighted by atomic mass is 9.86. The van der Waals surface area contributed by atoms with E-state index in [-0.39, 0.29) is 12.0 Å².